The first-order valence-electron chi connectivity index (χ1n) is 14.9. The molecular formula is C31H31F3N8O5S. The number of rotatable bonds is 6. The fraction of sp³-hybridized carbons (Fsp3) is 0.355. The van der Waals surface area contributed by atoms with Gasteiger partial charge in [0.05, 0.1) is 10.6 Å². The number of nitrogens with zero attached hydrogens (tertiary/aromatic N) is 7. The van der Waals surface area contributed by atoms with E-state index in [1.807, 2.05) is 0 Å². The number of hydrogen-bond donors (Lipinski definition) is 1. The van der Waals surface area contributed by atoms with Crippen LogP contribution in [0.1, 0.15) is 45.0 Å². The zero-order valence-corrected chi connectivity index (χ0v) is 27.1. The summed E-state index contributed by atoms with van der Waals surface area (Å²) in [7, 11) is -4.36. The van der Waals surface area contributed by atoms with Crippen LogP contribution in [-0.4, -0.2) is 73.2 Å². The second-order valence-corrected chi connectivity index (χ2v) is 14.0. The summed E-state index contributed by atoms with van der Waals surface area (Å²) in [4.78, 5) is 30.9. The van der Waals surface area contributed by atoms with E-state index in [-0.39, 0.29) is 45.6 Å². The lowest BCUT2D eigenvalue weighted by Gasteiger charge is -2.34. The maximum Gasteiger partial charge on any atom is 0.419 e. The van der Waals surface area contributed by atoms with Gasteiger partial charge in [-0.1, -0.05) is 23.4 Å². The molecule has 1 N–H and O–H groups in total. The standard InChI is InChI=1S/C31H31F3N8O5S/c1-18-36-27(47-40-18)24-13-12-21-22(17-42(26(21)38-24)48(44,45)20-10-6-5-7-11-20)25-23(31(32,33)34)15-35-28(39-25)37-19-9-8-14-41(16-19)29(43)46-30(2,3)4/h5-7,10-13,15,17,19H,8-9,14,16H2,1-4H3,(H,35,37,39)/t19-/m0/s1. The highest BCUT2D eigenvalue weighted by atomic mass is 32.2. The van der Waals surface area contributed by atoms with E-state index < -0.39 is 45.2 Å². The van der Waals surface area contributed by atoms with Crippen LogP contribution in [0.15, 0.2) is 64.3 Å². The van der Waals surface area contributed by atoms with Gasteiger partial charge in [-0.05, 0) is 64.8 Å². The molecule has 0 aliphatic carbocycles. The lowest BCUT2D eigenvalue weighted by molar-refractivity contribution is -0.137. The first-order valence-corrected chi connectivity index (χ1v) is 16.4. The van der Waals surface area contributed by atoms with Crippen LogP contribution in [-0.2, 0) is 20.9 Å². The predicted octanol–water partition coefficient (Wildman–Crippen LogP) is 5.92. The third-order valence-electron chi connectivity index (χ3n) is 7.42. The maximum absolute atomic E-state index is 14.5. The lowest BCUT2D eigenvalue weighted by atomic mass is 10.1. The molecule has 1 saturated heterocycles. The molecule has 5 aromatic rings. The minimum absolute atomic E-state index is 0.00165. The Morgan fingerprint density at radius 3 is 2.48 bits per heavy atom. The molecule has 0 spiro atoms. The van der Waals surface area contributed by atoms with Crippen molar-refractivity contribution >= 4 is 33.1 Å². The van der Waals surface area contributed by atoms with Gasteiger partial charge >= 0.3 is 12.3 Å². The zero-order valence-electron chi connectivity index (χ0n) is 26.3. The predicted molar refractivity (Wildman–Crippen MR) is 167 cm³/mol. The number of benzene rings is 1. The third kappa shape index (κ3) is 6.67. The highest BCUT2D eigenvalue weighted by Crippen LogP contribution is 2.40. The van der Waals surface area contributed by atoms with Gasteiger partial charge < -0.3 is 19.5 Å². The number of ether oxygens (including phenoxy) is 1. The molecule has 252 valence electrons. The van der Waals surface area contributed by atoms with E-state index in [9.17, 15) is 26.4 Å². The molecule has 48 heavy (non-hydrogen) atoms. The Morgan fingerprint density at radius 2 is 1.81 bits per heavy atom. The van der Waals surface area contributed by atoms with Crippen LogP contribution < -0.4 is 5.32 Å². The van der Waals surface area contributed by atoms with Crippen molar-refractivity contribution in [1.29, 1.82) is 0 Å². The van der Waals surface area contributed by atoms with Crippen LogP contribution in [0.2, 0.25) is 0 Å². The molecule has 17 heteroatoms. The average Bonchev–Trinajstić information content (AvgIpc) is 3.64. The van der Waals surface area contributed by atoms with Gasteiger partial charge in [0, 0.05) is 42.5 Å². The number of carbonyl (C=O) groups excluding carboxylic acids is 1. The molecule has 0 bridgehead atoms. The highest BCUT2D eigenvalue weighted by molar-refractivity contribution is 7.90. The summed E-state index contributed by atoms with van der Waals surface area (Å²) in [5.74, 6) is 0.174. The van der Waals surface area contributed by atoms with Gasteiger partial charge in [0.2, 0.25) is 5.95 Å². The van der Waals surface area contributed by atoms with Crippen LogP contribution in [0.4, 0.5) is 23.9 Å². The molecular weight excluding hydrogens is 653 g/mol. The van der Waals surface area contributed by atoms with Crippen LogP contribution >= 0.6 is 0 Å². The summed E-state index contributed by atoms with van der Waals surface area (Å²) in [5, 5.41) is 6.86. The fourth-order valence-electron chi connectivity index (χ4n) is 5.31. The van der Waals surface area contributed by atoms with Gasteiger partial charge in [-0.3, -0.25) is 0 Å². The summed E-state index contributed by atoms with van der Waals surface area (Å²) in [6.07, 6.45) is -2.48. The number of likely N-dealkylation sites (tertiary alicyclic amines) is 1. The molecule has 5 heterocycles. The number of halogens is 3. The van der Waals surface area contributed by atoms with Crippen molar-refractivity contribution in [2.45, 2.75) is 63.3 Å². The zero-order chi connectivity index (χ0) is 34.4. The normalized spacial score (nSPS) is 15.9. The largest absolute Gasteiger partial charge is 0.444 e. The molecule has 4 aromatic heterocycles. The second kappa shape index (κ2) is 12.2. The molecule has 1 aliphatic heterocycles. The molecule has 0 saturated carbocycles. The number of alkyl halides is 3. The molecule has 0 unspecified atom stereocenters. The number of hydrogen-bond acceptors (Lipinski definition) is 11. The van der Waals surface area contributed by atoms with Gasteiger partial charge in [-0.15, -0.1) is 0 Å². The van der Waals surface area contributed by atoms with E-state index >= 15 is 0 Å². The summed E-state index contributed by atoms with van der Waals surface area (Å²) < 4.78 is 82.7. The Morgan fingerprint density at radius 1 is 1.06 bits per heavy atom. The minimum atomic E-state index is -4.90. The van der Waals surface area contributed by atoms with Crippen molar-refractivity contribution in [1.82, 2.24) is 34.0 Å². The second-order valence-electron chi connectivity index (χ2n) is 12.2. The summed E-state index contributed by atoms with van der Waals surface area (Å²) >= 11 is 0. The summed E-state index contributed by atoms with van der Waals surface area (Å²) in [6, 6.07) is 9.90. The van der Waals surface area contributed by atoms with Crippen molar-refractivity contribution in [2.24, 2.45) is 0 Å². The number of fused-ring (bicyclic) bond motifs is 1. The van der Waals surface area contributed by atoms with Crippen molar-refractivity contribution in [3.63, 3.8) is 0 Å². The van der Waals surface area contributed by atoms with Crippen LogP contribution in [0.3, 0.4) is 0 Å². The molecule has 0 radical (unpaired) electrons. The van der Waals surface area contributed by atoms with Crippen LogP contribution in [0.5, 0.6) is 0 Å². The smallest absolute Gasteiger partial charge is 0.419 e. The fourth-order valence-corrected chi connectivity index (χ4v) is 6.65. The van der Waals surface area contributed by atoms with Gasteiger partial charge in [-0.2, -0.15) is 18.2 Å². The van der Waals surface area contributed by atoms with E-state index in [2.05, 4.69) is 30.4 Å². The van der Waals surface area contributed by atoms with Crippen LogP contribution in [0, 0.1) is 6.92 Å². The SMILES string of the molecule is Cc1noc(-c2ccc3c(-c4nc(N[C@H]5CCCN(C(=O)OC(C)(C)C)C5)ncc4C(F)(F)F)cn(S(=O)(=O)c4ccccc4)c3n2)n1. The van der Waals surface area contributed by atoms with Gasteiger partial charge in [-0.25, -0.2) is 32.1 Å². The highest BCUT2D eigenvalue weighted by Gasteiger charge is 2.37. The minimum Gasteiger partial charge on any atom is -0.444 e. The average molecular weight is 685 g/mol. The number of aryl methyl sites for hydroxylation is 1. The number of piperidine rings is 1. The Balaban J connectivity index is 1.46. The Labute approximate surface area is 273 Å². The molecule has 1 aromatic carbocycles. The van der Waals surface area contributed by atoms with E-state index in [1.54, 1.807) is 33.8 Å². The monoisotopic (exact) mass is 684 g/mol. The molecule has 1 aliphatic rings. The topological polar surface area (TPSA) is 158 Å². The molecule has 1 atom stereocenters. The molecule has 6 rings (SSSR count). The third-order valence-corrected chi connectivity index (χ3v) is 9.09. The maximum atomic E-state index is 14.5. The van der Waals surface area contributed by atoms with Crippen LogP contribution in [0.25, 0.3) is 33.9 Å². The Kier molecular flexibility index (Phi) is 8.35. The first-order chi connectivity index (χ1) is 22.6. The summed E-state index contributed by atoms with van der Waals surface area (Å²) in [6.45, 7) is 7.53. The number of pyridine rings is 1. The van der Waals surface area contributed by atoms with Crippen molar-refractivity contribution in [2.75, 3.05) is 18.4 Å². The Bertz CT molecular complexity index is 2090. The van der Waals surface area contributed by atoms with Crippen molar-refractivity contribution in [3.05, 3.63) is 66.2 Å². The number of carbonyl (C=O) groups is 1. The number of aromatic nitrogens is 6. The lowest BCUT2D eigenvalue weighted by Crippen LogP contribution is -2.47. The molecule has 1 fully saturated rings. The molecule has 1 amide bonds. The first kappa shape index (κ1) is 32.9. The van der Waals surface area contributed by atoms with Crippen molar-refractivity contribution in [3.8, 4) is 22.8 Å². The van der Waals surface area contributed by atoms with Gasteiger partial charge in [0.1, 0.15) is 16.9 Å². The quantitative estimate of drug-likeness (QED) is 0.226. The molecule has 13 nitrogen and oxygen atoms in total. The number of amides is 1. The number of nitrogens with one attached hydrogen (secondary N) is 1. The van der Waals surface area contributed by atoms with E-state index in [4.69, 9.17) is 9.26 Å². The van der Waals surface area contributed by atoms with Crippen molar-refractivity contribution < 1.29 is 35.6 Å². The van der Waals surface area contributed by atoms with E-state index in [1.165, 1.54) is 41.3 Å². The summed E-state index contributed by atoms with van der Waals surface area (Å²) in [5.41, 5.74) is -2.65. The van der Waals surface area contributed by atoms with E-state index in [0.29, 0.717) is 31.4 Å². The van der Waals surface area contributed by atoms with E-state index in [0.717, 1.165) is 10.2 Å². The van der Waals surface area contributed by atoms with Gasteiger partial charge in [0.25, 0.3) is 15.9 Å². The number of anilines is 1. The Hall–Kier alpha value is -5.06. The van der Waals surface area contributed by atoms with Gasteiger partial charge in [0.15, 0.2) is 11.5 Å².